The molecule has 0 bridgehead atoms. The molecule has 4 aromatic rings. The van der Waals surface area contributed by atoms with Crippen LogP contribution in [0.1, 0.15) is 48.3 Å². The van der Waals surface area contributed by atoms with Crippen molar-refractivity contribution in [3.8, 4) is 0 Å². The van der Waals surface area contributed by atoms with E-state index in [-0.39, 0.29) is 17.5 Å². The van der Waals surface area contributed by atoms with E-state index in [4.69, 9.17) is 0 Å². The summed E-state index contributed by atoms with van der Waals surface area (Å²) in [5, 5.41) is 4.94. The highest BCUT2D eigenvalue weighted by atomic mass is 32.1. The van der Waals surface area contributed by atoms with Gasteiger partial charge in [0.2, 0.25) is 5.91 Å². The van der Waals surface area contributed by atoms with E-state index in [1.165, 1.54) is 11.3 Å². The smallest absolute Gasteiger partial charge is 0.238 e. The molecule has 7 rings (SSSR count). The van der Waals surface area contributed by atoms with Gasteiger partial charge in [0.15, 0.2) is 11.6 Å². The van der Waals surface area contributed by atoms with Gasteiger partial charge in [-0.15, -0.1) is 11.3 Å². The molecule has 3 aromatic carbocycles. The molecule has 3 aliphatic rings. The van der Waals surface area contributed by atoms with E-state index in [1.54, 1.807) is 6.07 Å². The third-order valence-corrected chi connectivity index (χ3v) is 9.11. The van der Waals surface area contributed by atoms with Crippen molar-refractivity contribution < 1.29 is 14.4 Å². The summed E-state index contributed by atoms with van der Waals surface area (Å²) in [6.07, 6.45) is 3.88. The normalized spacial score (nSPS) is 24.6. The fourth-order valence-electron chi connectivity index (χ4n) is 6.63. The van der Waals surface area contributed by atoms with Crippen LogP contribution in [0.3, 0.4) is 0 Å². The van der Waals surface area contributed by atoms with Gasteiger partial charge in [-0.2, -0.15) is 0 Å². The quantitative estimate of drug-likeness (QED) is 0.336. The maximum atomic E-state index is 14.5. The molecule has 1 N–H and O–H groups in total. The first-order valence-corrected chi connectivity index (χ1v) is 13.5. The Bertz CT molecular complexity index is 1640. The molecule has 0 unspecified atom stereocenters. The Morgan fingerprint density at radius 2 is 1.66 bits per heavy atom. The predicted molar refractivity (Wildman–Crippen MR) is 148 cm³/mol. The van der Waals surface area contributed by atoms with Gasteiger partial charge in [-0.3, -0.25) is 14.4 Å². The van der Waals surface area contributed by atoms with Crippen LogP contribution < -0.4 is 5.32 Å². The number of hydrogen-bond donors (Lipinski definition) is 1. The van der Waals surface area contributed by atoms with Crippen LogP contribution in [0.15, 0.2) is 96.5 Å². The van der Waals surface area contributed by atoms with Gasteiger partial charge in [0.25, 0.3) is 0 Å². The maximum absolute atomic E-state index is 14.5. The van der Waals surface area contributed by atoms with Crippen LogP contribution in [0.4, 0.5) is 5.69 Å². The molecule has 1 amide bonds. The fourth-order valence-corrected chi connectivity index (χ4v) is 7.33. The third-order valence-electron chi connectivity index (χ3n) is 8.22. The Morgan fingerprint density at radius 3 is 2.45 bits per heavy atom. The van der Waals surface area contributed by atoms with Crippen molar-refractivity contribution in [2.75, 3.05) is 5.32 Å². The molecule has 0 aliphatic carbocycles. The summed E-state index contributed by atoms with van der Waals surface area (Å²) in [5.41, 5.74) is 3.66. The van der Waals surface area contributed by atoms with Gasteiger partial charge >= 0.3 is 0 Å². The lowest BCUT2D eigenvalue weighted by molar-refractivity contribution is -0.122. The first-order valence-electron chi connectivity index (χ1n) is 12.7. The van der Waals surface area contributed by atoms with Crippen LogP contribution >= 0.6 is 11.3 Å². The van der Waals surface area contributed by atoms with Gasteiger partial charge in [0.1, 0.15) is 11.5 Å². The van der Waals surface area contributed by atoms with Crippen molar-refractivity contribution in [1.82, 2.24) is 4.90 Å². The molecule has 186 valence electrons. The summed E-state index contributed by atoms with van der Waals surface area (Å²) in [6, 6.07) is 25.2. The molecule has 4 heterocycles. The van der Waals surface area contributed by atoms with Crippen LogP contribution in [0, 0.1) is 12.8 Å². The van der Waals surface area contributed by atoms with Gasteiger partial charge in [-0.25, -0.2) is 0 Å². The van der Waals surface area contributed by atoms with Gasteiger partial charge in [0, 0.05) is 17.5 Å². The molecule has 4 atom stereocenters. The van der Waals surface area contributed by atoms with Crippen LogP contribution in [0.2, 0.25) is 0 Å². The van der Waals surface area contributed by atoms with Crippen LogP contribution in [-0.2, 0) is 10.2 Å². The Balaban J connectivity index is 1.54. The number of hydrogen-bond acceptors (Lipinski definition) is 5. The fraction of sp³-hybridized carbons (Fsp3) is 0.156. The monoisotopic (exact) mass is 516 g/mol. The zero-order valence-electron chi connectivity index (χ0n) is 20.6. The molecule has 1 aromatic heterocycles. The summed E-state index contributed by atoms with van der Waals surface area (Å²) in [7, 11) is 0. The Hall–Kier alpha value is -4.29. The molecule has 3 aliphatic heterocycles. The number of aryl methyl sites for hydroxylation is 1. The number of ketones is 2. The number of nitrogens with one attached hydrogen (secondary N) is 1. The number of amides is 1. The maximum Gasteiger partial charge on any atom is 0.238 e. The average molecular weight is 517 g/mol. The zero-order chi connectivity index (χ0) is 26.0. The topological polar surface area (TPSA) is 66.5 Å². The van der Waals surface area contributed by atoms with E-state index in [9.17, 15) is 14.4 Å². The van der Waals surface area contributed by atoms with Crippen LogP contribution in [-0.4, -0.2) is 28.4 Å². The van der Waals surface area contributed by atoms with E-state index in [0.29, 0.717) is 16.1 Å². The standard InChI is InChI=1S/C32H24N2O3S/c1-19-12-14-21(15-13-19)28(35)27-26(29(36)25-11-6-18-38-25)32(23-9-4-5-10-24(23)33-31(32)37)30-22-8-3-2-7-20(22)16-17-34(27)30/h2-18,26-27,30H,1H3,(H,33,37)/t26-,27-,30+,32+/m0/s1. The molecular formula is C32H24N2O3S. The van der Waals surface area contributed by atoms with Crippen LogP contribution in [0.25, 0.3) is 6.08 Å². The van der Waals surface area contributed by atoms with Crippen molar-refractivity contribution in [2.24, 2.45) is 5.92 Å². The minimum absolute atomic E-state index is 0.164. The van der Waals surface area contributed by atoms with Crippen molar-refractivity contribution in [1.29, 1.82) is 0 Å². The van der Waals surface area contributed by atoms with Gasteiger partial charge in [-0.05, 0) is 47.2 Å². The van der Waals surface area contributed by atoms with E-state index >= 15 is 0 Å². The Morgan fingerprint density at radius 1 is 0.895 bits per heavy atom. The van der Waals surface area contributed by atoms with E-state index in [0.717, 1.165) is 22.3 Å². The number of carbonyl (C=O) groups excluding carboxylic acids is 3. The van der Waals surface area contributed by atoms with E-state index in [2.05, 4.69) is 5.32 Å². The first-order chi connectivity index (χ1) is 18.5. The summed E-state index contributed by atoms with van der Waals surface area (Å²) in [4.78, 5) is 45.8. The SMILES string of the molecule is Cc1ccc(C(=O)[C@@H]2[C@@H](C(=O)c3cccs3)[C@@]3(C(=O)Nc4ccccc43)[C@H]3c4ccccc4C=CN23)cc1. The van der Waals surface area contributed by atoms with Crippen molar-refractivity contribution in [2.45, 2.75) is 24.4 Å². The van der Waals surface area contributed by atoms with Gasteiger partial charge in [-0.1, -0.05) is 78.4 Å². The minimum Gasteiger partial charge on any atom is -0.358 e. The highest BCUT2D eigenvalue weighted by molar-refractivity contribution is 7.12. The number of rotatable bonds is 4. The highest BCUT2D eigenvalue weighted by Gasteiger charge is 2.70. The molecule has 38 heavy (non-hydrogen) atoms. The second kappa shape index (κ2) is 8.36. The van der Waals surface area contributed by atoms with Gasteiger partial charge in [0.05, 0.1) is 16.8 Å². The molecular weight excluding hydrogens is 492 g/mol. The second-order valence-electron chi connectivity index (χ2n) is 10.2. The largest absolute Gasteiger partial charge is 0.358 e. The second-order valence-corrected chi connectivity index (χ2v) is 11.1. The van der Waals surface area contributed by atoms with Crippen molar-refractivity contribution in [3.05, 3.63) is 129 Å². The number of para-hydroxylation sites is 1. The van der Waals surface area contributed by atoms with Crippen molar-refractivity contribution >= 4 is 40.6 Å². The predicted octanol–water partition coefficient (Wildman–Crippen LogP) is 6.04. The van der Waals surface area contributed by atoms with Crippen LogP contribution in [0.5, 0.6) is 0 Å². The average Bonchev–Trinajstić information content (AvgIpc) is 3.65. The molecule has 0 radical (unpaired) electrons. The number of thiophene rings is 1. The molecule has 6 heteroatoms. The highest BCUT2D eigenvalue weighted by Crippen LogP contribution is 2.62. The Labute approximate surface area is 224 Å². The lowest BCUT2D eigenvalue weighted by Crippen LogP contribution is -2.49. The molecule has 0 saturated carbocycles. The lowest BCUT2D eigenvalue weighted by Gasteiger charge is -2.38. The third kappa shape index (κ3) is 3.01. The van der Waals surface area contributed by atoms with E-state index in [1.807, 2.05) is 108 Å². The summed E-state index contributed by atoms with van der Waals surface area (Å²) in [5.74, 6) is -1.52. The number of Topliss-reactive ketones (excluding diaryl/α,β-unsaturated/α-hetero) is 2. The van der Waals surface area contributed by atoms with Crippen molar-refractivity contribution in [3.63, 3.8) is 0 Å². The van der Waals surface area contributed by atoms with E-state index < -0.39 is 23.4 Å². The number of fused-ring (bicyclic) bond motifs is 6. The summed E-state index contributed by atoms with van der Waals surface area (Å²) >= 11 is 1.34. The molecule has 1 saturated heterocycles. The summed E-state index contributed by atoms with van der Waals surface area (Å²) in [6.45, 7) is 1.97. The lowest BCUT2D eigenvalue weighted by atomic mass is 9.63. The number of anilines is 1. The number of nitrogens with zero attached hydrogens (tertiary/aromatic N) is 1. The Kier molecular flexibility index (Phi) is 5.03. The first kappa shape index (κ1) is 22.9. The molecule has 1 spiro atoms. The molecule has 1 fully saturated rings. The molecule has 5 nitrogen and oxygen atoms in total. The minimum atomic E-state index is -1.29. The zero-order valence-corrected chi connectivity index (χ0v) is 21.4. The number of benzene rings is 3. The van der Waals surface area contributed by atoms with Gasteiger partial charge < -0.3 is 10.2 Å². The summed E-state index contributed by atoms with van der Waals surface area (Å²) < 4.78 is 0. The number of carbonyl (C=O) groups is 3.